The predicted octanol–water partition coefficient (Wildman–Crippen LogP) is 4.51. The third-order valence-corrected chi connectivity index (χ3v) is 5.59. The summed E-state index contributed by atoms with van der Waals surface area (Å²) in [5.41, 5.74) is 1.70. The number of amides is 2. The van der Waals surface area contributed by atoms with Crippen molar-refractivity contribution in [3.05, 3.63) is 95.6 Å². The number of rotatable bonds is 9. The van der Waals surface area contributed by atoms with Crippen LogP contribution in [-0.4, -0.2) is 40.7 Å². The zero-order valence-electron chi connectivity index (χ0n) is 19.7. The van der Waals surface area contributed by atoms with E-state index in [0.717, 1.165) is 11.1 Å². The van der Waals surface area contributed by atoms with Crippen LogP contribution in [0.5, 0.6) is 5.75 Å². The first-order chi connectivity index (χ1) is 17.9. The molecule has 190 valence electrons. The van der Waals surface area contributed by atoms with Gasteiger partial charge in [0, 0.05) is 13.0 Å². The normalized spacial score (nSPS) is 13.2. The van der Waals surface area contributed by atoms with Gasteiger partial charge >= 0.3 is 18.2 Å². The molecule has 0 aliphatic carbocycles. The van der Waals surface area contributed by atoms with Gasteiger partial charge in [-0.05, 0) is 28.8 Å². The first kappa shape index (κ1) is 25.2. The van der Waals surface area contributed by atoms with Crippen LogP contribution in [0.1, 0.15) is 29.2 Å². The number of carboxylic acid groups (broad SMARTS) is 1. The van der Waals surface area contributed by atoms with E-state index in [1.807, 2.05) is 12.1 Å². The second kappa shape index (κ2) is 11.7. The van der Waals surface area contributed by atoms with Gasteiger partial charge < -0.3 is 24.2 Å². The molecule has 1 saturated heterocycles. The van der Waals surface area contributed by atoms with E-state index in [-0.39, 0.29) is 42.5 Å². The van der Waals surface area contributed by atoms with Crippen molar-refractivity contribution in [2.24, 2.45) is 0 Å². The average Bonchev–Trinajstić information content (AvgIpc) is 2.90. The summed E-state index contributed by atoms with van der Waals surface area (Å²) in [6.07, 6.45) is -1.62. The molecule has 4 rings (SSSR count). The van der Waals surface area contributed by atoms with E-state index in [9.17, 15) is 24.3 Å². The Hall–Kier alpha value is -4.86. The first-order valence-electron chi connectivity index (χ1n) is 11.4. The third kappa shape index (κ3) is 6.63. The van der Waals surface area contributed by atoms with Crippen molar-refractivity contribution in [2.75, 3.05) is 11.9 Å². The molecule has 0 aromatic heterocycles. The van der Waals surface area contributed by atoms with E-state index in [2.05, 4.69) is 5.32 Å². The summed E-state index contributed by atoms with van der Waals surface area (Å²) in [6.45, 7) is 0.251. The molecule has 0 saturated carbocycles. The molecular formula is C27H24N2O8. The number of nitrogens with zero attached hydrogens (tertiary/aromatic N) is 1. The fraction of sp³-hybridized carbons (Fsp3) is 0.185. The number of nitrogens with one attached hydrogen (secondary N) is 1. The van der Waals surface area contributed by atoms with Gasteiger partial charge in [-0.15, -0.1) is 0 Å². The second-order valence-corrected chi connectivity index (χ2v) is 8.15. The number of likely N-dealkylation sites (tertiary alicyclic amines) is 1. The van der Waals surface area contributed by atoms with E-state index >= 15 is 0 Å². The molecule has 10 heteroatoms. The molecule has 1 fully saturated rings. The molecule has 1 atom stereocenters. The number of β-lactam (4-membered cyclic amide) rings is 1. The van der Waals surface area contributed by atoms with E-state index in [1.165, 1.54) is 23.1 Å². The standard InChI is InChI=1S/C27H24N2O8/c30-23-13-14-29(23)24(25(31)32)20-11-12-22(37-27(34)36-17-19-9-5-2-6-10-19)21(15-20)28-26(33)35-16-18-7-3-1-4-8-18/h1-12,15,24H,13-14,16-17H2,(H,28,33)(H,31,32). The summed E-state index contributed by atoms with van der Waals surface area (Å²) in [6, 6.07) is 20.8. The van der Waals surface area contributed by atoms with E-state index < -0.39 is 24.3 Å². The number of aliphatic carboxylic acids is 1. The zero-order chi connectivity index (χ0) is 26.2. The summed E-state index contributed by atoms with van der Waals surface area (Å²) in [5, 5.41) is 12.2. The maximum absolute atomic E-state index is 12.5. The Morgan fingerprint density at radius 3 is 2.05 bits per heavy atom. The van der Waals surface area contributed by atoms with Crippen molar-refractivity contribution in [1.82, 2.24) is 4.90 Å². The minimum absolute atomic E-state index is 0.0122. The largest absolute Gasteiger partial charge is 0.514 e. The topological polar surface area (TPSA) is 131 Å². The third-order valence-electron chi connectivity index (χ3n) is 5.59. The lowest BCUT2D eigenvalue weighted by Crippen LogP contribution is -2.48. The summed E-state index contributed by atoms with van der Waals surface area (Å²) in [7, 11) is 0. The van der Waals surface area contributed by atoms with Crippen LogP contribution in [0.15, 0.2) is 78.9 Å². The van der Waals surface area contributed by atoms with Crippen molar-refractivity contribution in [2.45, 2.75) is 25.7 Å². The van der Waals surface area contributed by atoms with Gasteiger partial charge in [-0.1, -0.05) is 66.7 Å². The van der Waals surface area contributed by atoms with Crippen LogP contribution in [0.2, 0.25) is 0 Å². The number of hydrogen-bond acceptors (Lipinski definition) is 7. The smallest absolute Gasteiger partial charge is 0.479 e. The van der Waals surface area contributed by atoms with E-state index in [0.29, 0.717) is 6.54 Å². The molecule has 2 N–H and O–H groups in total. The number of benzene rings is 3. The highest BCUT2D eigenvalue weighted by Crippen LogP contribution is 2.33. The van der Waals surface area contributed by atoms with Crippen LogP contribution in [-0.2, 0) is 32.3 Å². The molecule has 0 spiro atoms. The fourth-order valence-corrected chi connectivity index (χ4v) is 3.67. The molecule has 3 aromatic carbocycles. The zero-order valence-corrected chi connectivity index (χ0v) is 19.7. The molecule has 1 heterocycles. The highest BCUT2D eigenvalue weighted by atomic mass is 16.7. The minimum atomic E-state index is -1.26. The van der Waals surface area contributed by atoms with Gasteiger partial charge in [-0.25, -0.2) is 14.4 Å². The highest BCUT2D eigenvalue weighted by molar-refractivity contribution is 5.90. The number of carboxylic acids is 1. The molecule has 37 heavy (non-hydrogen) atoms. The maximum Gasteiger partial charge on any atom is 0.514 e. The Morgan fingerprint density at radius 2 is 1.51 bits per heavy atom. The van der Waals surface area contributed by atoms with Gasteiger partial charge in [-0.2, -0.15) is 0 Å². The van der Waals surface area contributed by atoms with Gasteiger partial charge in [0.05, 0.1) is 5.69 Å². The molecule has 3 aromatic rings. The molecular weight excluding hydrogens is 480 g/mol. The summed E-state index contributed by atoms with van der Waals surface area (Å²) in [5.74, 6) is -1.62. The highest BCUT2D eigenvalue weighted by Gasteiger charge is 2.37. The Morgan fingerprint density at radius 1 is 0.892 bits per heavy atom. The maximum atomic E-state index is 12.5. The molecule has 10 nitrogen and oxygen atoms in total. The lowest BCUT2D eigenvalue weighted by Gasteiger charge is -2.36. The van der Waals surface area contributed by atoms with Crippen molar-refractivity contribution < 1.29 is 38.5 Å². The molecule has 1 aliphatic heterocycles. The molecule has 0 radical (unpaired) electrons. The van der Waals surface area contributed by atoms with Crippen LogP contribution in [0.25, 0.3) is 0 Å². The monoisotopic (exact) mass is 504 g/mol. The van der Waals surface area contributed by atoms with Crippen molar-refractivity contribution in [1.29, 1.82) is 0 Å². The van der Waals surface area contributed by atoms with Crippen LogP contribution in [0.3, 0.4) is 0 Å². The Bertz CT molecular complexity index is 1280. The second-order valence-electron chi connectivity index (χ2n) is 8.15. The predicted molar refractivity (Wildman–Crippen MR) is 131 cm³/mol. The SMILES string of the molecule is O=C(Nc1cc(C(C(=O)O)N2CCC2=O)ccc1OC(=O)OCc1ccccc1)OCc1ccccc1. The molecule has 1 aliphatic rings. The first-order valence-corrected chi connectivity index (χ1v) is 11.4. The fourth-order valence-electron chi connectivity index (χ4n) is 3.67. The Balaban J connectivity index is 1.52. The van der Waals surface area contributed by atoms with Crippen molar-refractivity contribution >= 4 is 29.8 Å². The van der Waals surface area contributed by atoms with Gasteiger partial charge in [0.25, 0.3) is 0 Å². The van der Waals surface area contributed by atoms with Crippen LogP contribution < -0.4 is 10.1 Å². The number of carbonyl (C=O) groups excluding carboxylic acids is 3. The minimum Gasteiger partial charge on any atom is -0.479 e. The van der Waals surface area contributed by atoms with E-state index in [4.69, 9.17) is 14.2 Å². The van der Waals surface area contributed by atoms with Crippen molar-refractivity contribution in [3.8, 4) is 5.75 Å². The molecule has 0 bridgehead atoms. The molecule has 2 amide bonds. The van der Waals surface area contributed by atoms with Gasteiger partial charge in [0.15, 0.2) is 11.8 Å². The quantitative estimate of drug-likeness (QED) is 0.247. The molecule has 1 unspecified atom stereocenters. The number of anilines is 1. The lowest BCUT2D eigenvalue weighted by atomic mass is 10.0. The number of carbonyl (C=O) groups is 4. The lowest BCUT2D eigenvalue weighted by molar-refractivity contribution is -0.156. The van der Waals surface area contributed by atoms with Gasteiger partial charge in [0.1, 0.15) is 13.2 Å². The summed E-state index contributed by atoms with van der Waals surface area (Å²) in [4.78, 5) is 49.9. The van der Waals surface area contributed by atoms with Crippen LogP contribution in [0.4, 0.5) is 15.3 Å². The number of hydrogen-bond donors (Lipinski definition) is 2. The summed E-state index contributed by atoms with van der Waals surface area (Å²) < 4.78 is 15.7. The van der Waals surface area contributed by atoms with Crippen molar-refractivity contribution in [3.63, 3.8) is 0 Å². The Kier molecular flexibility index (Phi) is 7.99. The van der Waals surface area contributed by atoms with Crippen LogP contribution >= 0.6 is 0 Å². The van der Waals surface area contributed by atoms with Crippen LogP contribution in [0, 0.1) is 0 Å². The van der Waals surface area contributed by atoms with Gasteiger partial charge in [0.2, 0.25) is 5.91 Å². The van der Waals surface area contributed by atoms with Gasteiger partial charge in [-0.3, -0.25) is 10.1 Å². The summed E-state index contributed by atoms with van der Waals surface area (Å²) >= 11 is 0. The Labute approximate surface area is 212 Å². The number of ether oxygens (including phenoxy) is 3. The van der Waals surface area contributed by atoms with E-state index in [1.54, 1.807) is 48.5 Å². The average molecular weight is 504 g/mol.